The second-order valence-corrected chi connectivity index (χ2v) is 9.78. The molecule has 7 rings (SSSR count). The van der Waals surface area contributed by atoms with E-state index in [-0.39, 0.29) is 0 Å². The van der Waals surface area contributed by atoms with Gasteiger partial charge in [-0.3, -0.25) is 0 Å². The quantitative estimate of drug-likeness (QED) is 0.511. The molecule has 2 heteroatoms. The van der Waals surface area contributed by atoms with Crippen molar-refractivity contribution in [1.82, 2.24) is 0 Å². The molecule has 1 N–H and O–H groups in total. The van der Waals surface area contributed by atoms with Crippen LogP contribution in [0, 0.1) is 23.7 Å². The lowest BCUT2D eigenvalue weighted by Crippen LogP contribution is -2.55. The van der Waals surface area contributed by atoms with E-state index in [0.29, 0.717) is 11.8 Å². The molecule has 0 unspecified atom stereocenters. The van der Waals surface area contributed by atoms with Crippen molar-refractivity contribution in [2.45, 2.75) is 37.7 Å². The number of hydrogen-bond acceptors (Lipinski definition) is 1. The summed E-state index contributed by atoms with van der Waals surface area (Å²) < 4.78 is 0. The highest BCUT2D eigenvalue weighted by Crippen LogP contribution is 2.63. The minimum Gasteiger partial charge on any atom is -0.385 e. The summed E-state index contributed by atoms with van der Waals surface area (Å²) in [7, 11) is 0. The van der Waals surface area contributed by atoms with Gasteiger partial charge in [0.2, 0.25) is 0 Å². The zero-order valence-electron chi connectivity index (χ0n) is 15.9. The van der Waals surface area contributed by atoms with Gasteiger partial charge >= 0.3 is 0 Å². The summed E-state index contributed by atoms with van der Waals surface area (Å²) in [5.41, 5.74) is 2.79. The molecule has 0 saturated heterocycles. The van der Waals surface area contributed by atoms with Gasteiger partial charge in [-0.05, 0) is 95.4 Å². The molecule has 0 amide bonds. The van der Waals surface area contributed by atoms with Crippen LogP contribution in [-0.4, -0.2) is 5.11 Å². The van der Waals surface area contributed by atoms with Crippen LogP contribution in [0.5, 0.6) is 0 Å². The molecule has 3 aromatic rings. The monoisotopic (exact) mass is 388 g/mol. The van der Waals surface area contributed by atoms with Gasteiger partial charge in [0.05, 0.1) is 5.60 Å². The van der Waals surface area contributed by atoms with Gasteiger partial charge in [-0.1, -0.05) is 60.1 Å². The molecule has 0 heterocycles. The Morgan fingerprint density at radius 2 is 1.39 bits per heavy atom. The number of rotatable bonds is 2. The van der Waals surface area contributed by atoms with Gasteiger partial charge < -0.3 is 5.11 Å². The number of aliphatic hydroxyl groups is 1. The Labute approximate surface area is 171 Å². The SMILES string of the molecule is OC1(c2ccc3ccccc3c2-c2ccc(Cl)cc2)C2CC3CC(C2)CC1C3. The van der Waals surface area contributed by atoms with Crippen LogP contribution in [0.2, 0.25) is 5.02 Å². The van der Waals surface area contributed by atoms with Gasteiger partial charge in [-0.2, -0.15) is 0 Å². The van der Waals surface area contributed by atoms with Gasteiger partial charge in [0.15, 0.2) is 0 Å². The predicted molar refractivity (Wildman–Crippen MR) is 115 cm³/mol. The van der Waals surface area contributed by atoms with E-state index in [1.807, 2.05) is 12.1 Å². The summed E-state index contributed by atoms with van der Waals surface area (Å²) in [6.07, 6.45) is 6.16. The predicted octanol–water partition coefficient (Wildman–Crippen LogP) is 6.80. The van der Waals surface area contributed by atoms with Gasteiger partial charge in [-0.15, -0.1) is 0 Å². The zero-order chi connectivity index (χ0) is 18.9. The smallest absolute Gasteiger partial charge is 0.0959 e. The Kier molecular flexibility index (Phi) is 3.71. The molecule has 4 aliphatic rings. The van der Waals surface area contributed by atoms with E-state index < -0.39 is 5.60 Å². The van der Waals surface area contributed by atoms with E-state index in [0.717, 1.165) is 28.0 Å². The van der Waals surface area contributed by atoms with E-state index >= 15 is 0 Å². The van der Waals surface area contributed by atoms with Crippen molar-refractivity contribution >= 4 is 22.4 Å². The van der Waals surface area contributed by atoms with Crippen molar-refractivity contribution < 1.29 is 5.11 Å². The summed E-state index contributed by atoms with van der Waals surface area (Å²) >= 11 is 6.18. The van der Waals surface area contributed by atoms with Gasteiger partial charge in [0.1, 0.15) is 0 Å². The summed E-state index contributed by atoms with van der Waals surface area (Å²) in [6, 6.07) is 21.1. The number of hydrogen-bond donors (Lipinski definition) is 1. The van der Waals surface area contributed by atoms with Gasteiger partial charge in [-0.25, -0.2) is 0 Å². The lowest BCUT2D eigenvalue weighted by Gasteiger charge is -2.59. The molecular formula is C26H25ClO. The van der Waals surface area contributed by atoms with Crippen LogP contribution >= 0.6 is 11.6 Å². The Balaban J connectivity index is 1.61. The first kappa shape index (κ1) is 17.1. The van der Waals surface area contributed by atoms with Gasteiger partial charge in [0.25, 0.3) is 0 Å². The van der Waals surface area contributed by atoms with E-state index in [1.54, 1.807) is 0 Å². The standard InChI is InChI=1S/C26H25ClO/c27-22-8-5-19(6-9-22)25-23-4-2-1-3-18(23)7-10-24(25)26(28)20-12-16-11-17(14-20)15-21(26)13-16/h1-10,16-17,20-21,28H,11-15H2. The number of fused-ring (bicyclic) bond motifs is 1. The minimum absolute atomic E-state index is 0.399. The lowest BCUT2D eigenvalue weighted by atomic mass is 9.48. The summed E-state index contributed by atoms with van der Waals surface area (Å²) in [4.78, 5) is 0. The molecule has 4 bridgehead atoms. The fourth-order valence-corrected chi connectivity index (χ4v) is 7.00. The highest BCUT2D eigenvalue weighted by Gasteiger charge is 2.57. The van der Waals surface area contributed by atoms with Crippen molar-refractivity contribution in [3.05, 3.63) is 71.2 Å². The molecule has 0 spiro atoms. The first-order chi connectivity index (χ1) is 13.6. The van der Waals surface area contributed by atoms with Gasteiger partial charge in [0, 0.05) is 5.02 Å². The van der Waals surface area contributed by atoms with Crippen LogP contribution < -0.4 is 0 Å². The topological polar surface area (TPSA) is 20.2 Å². The molecule has 1 nitrogen and oxygen atoms in total. The average Bonchev–Trinajstić information content (AvgIpc) is 2.71. The molecule has 0 radical (unpaired) electrons. The molecule has 0 aromatic heterocycles. The van der Waals surface area contributed by atoms with Crippen molar-refractivity contribution in [2.75, 3.05) is 0 Å². The molecular weight excluding hydrogens is 364 g/mol. The molecule has 4 aliphatic carbocycles. The maximum Gasteiger partial charge on any atom is 0.0959 e. The average molecular weight is 389 g/mol. The van der Waals surface area contributed by atoms with Crippen LogP contribution in [0.4, 0.5) is 0 Å². The van der Waals surface area contributed by atoms with E-state index in [1.165, 1.54) is 48.4 Å². The van der Waals surface area contributed by atoms with Crippen LogP contribution in [0.15, 0.2) is 60.7 Å². The Morgan fingerprint density at radius 3 is 2.07 bits per heavy atom. The lowest BCUT2D eigenvalue weighted by molar-refractivity contribution is -0.179. The zero-order valence-corrected chi connectivity index (χ0v) is 16.7. The van der Waals surface area contributed by atoms with Crippen molar-refractivity contribution in [3.63, 3.8) is 0 Å². The highest BCUT2D eigenvalue weighted by atomic mass is 35.5. The van der Waals surface area contributed by atoms with Crippen molar-refractivity contribution in [3.8, 4) is 11.1 Å². The summed E-state index contributed by atoms with van der Waals surface area (Å²) in [6.45, 7) is 0. The fraction of sp³-hybridized carbons (Fsp3) is 0.385. The maximum absolute atomic E-state index is 12.3. The third kappa shape index (κ3) is 2.36. The van der Waals surface area contributed by atoms with E-state index in [4.69, 9.17) is 11.6 Å². The van der Waals surface area contributed by atoms with E-state index in [2.05, 4.69) is 48.5 Å². The molecule has 4 saturated carbocycles. The largest absolute Gasteiger partial charge is 0.385 e. The Morgan fingerprint density at radius 1 is 0.750 bits per heavy atom. The molecule has 28 heavy (non-hydrogen) atoms. The second-order valence-electron chi connectivity index (χ2n) is 9.35. The molecule has 0 atom stereocenters. The summed E-state index contributed by atoms with van der Waals surface area (Å²) in [5, 5.41) is 15.5. The van der Waals surface area contributed by atoms with Crippen LogP contribution in [0.1, 0.15) is 37.7 Å². The third-order valence-corrected chi connectivity index (χ3v) is 8.13. The van der Waals surface area contributed by atoms with Crippen LogP contribution in [0.3, 0.4) is 0 Å². The van der Waals surface area contributed by atoms with Crippen LogP contribution in [-0.2, 0) is 5.60 Å². The molecule has 0 aliphatic heterocycles. The molecule has 142 valence electrons. The minimum atomic E-state index is -0.702. The Bertz CT molecular complexity index is 1020. The normalized spacial score (nSPS) is 33.5. The van der Waals surface area contributed by atoms with E-state index in [9.17, 15) is 5.11 Å². The first-order valence-electron chi connectivity index (χ1n) is 10.6. The first-order valence-corrected chi connectivity index (χ1v) is 11.0. The second kappa shape index (κ2) is 6.08. The van der Waals surface area contributed by atoms with Crippen molar-refractivity contribution in [1.29, 1.82) is 0 Å². The number of benzene rings is 3. The maximum atomic E-state index is 12.3. The van der Waals surface area contributed by atoms with Crippen LogP contribution in [0.25, 0.3) is 21.9 Å². The fourth-order valence-electron chi connectivity index (χ4n) is 6.88. The van der Waals surface area contributed by atoms with Crippen molar-refractivity contribution in [2.24, 2.45) is 23.7 Å². The molecule has 4 fully saturated rings. The highest BCUT2D eigenvalue weighted by molar-refractivity contribution is 6.30. The molecule has 3 aromatic carbocycles. The third-order valence-electron chi connectivity index (χ3n) is 7.88. The Hall–Kier alpha value is -1.83. The number of halogens is 1. The summed E-state index contributed by atoms with van der Waals surface area (Å²) in [5.74, 6) is 2.47.